The van der Waals surface area contributed by atoms with Crippen LogP contribution in [0.15, 0.2) is 60.1 Å². The highest BCUT2D eigenvalue weighted by Gasteiger charge is 2.31. The molecule has 0 saturated heterocycles. The van der Waals surface area contributed by atoms with Gasteiger partial charge in [0, 0.05) is 24.7 Å². The number of carbonyl (C=O) groups is 2. The van der Waals surface area contributed by atoms with Crippen LogP contribution in [0.5, 0.6) is 0 Å². The van der Waals surface area contributed by atoms with Crippen LogP contribution in [0.1, 0.15) is 32.5 Å². The van der Waals surface area contributed by atoms with Gasteiger partial charge in [0.25, 0.3) is 5.91 Å². The Morgan fingerprint density at radius 1 is 1.15 bits per heavy atom. The predicted molar refractivity (Wildman–Crippen MR) is 106 cm³/mol. The van der Waals surface area contributed by atoms with Crippen molar-refractivity contribution in [1.29, 1.82) is 0 Å². The van der Waals surface area contributed by atoms with Crippen LogP contribution in [0, 0.1) is 0 Å². The van der Waals surface area contributed by atoms with E-state index in [2.05, 4.69) is 33.8 Å². The van der Waals surface area contributed by atoms with Crippen molar-refractivity contribution in [2.24, 2.45) is 7.05 Å². The highest BCUT2D eigenvalue weighted by Crippen LogP contribution is 2.37. The number of fused-ring (bicyclic) bond motifs is 1. The molecule has 1 aliphatic heterocycles. The lowest BCUT2D eigenvalue weighted by molar-refractivity contribution is -0.121. The Hall–Kier alpha value is -2.70. The van der Waals surface area contributed by atoms with Gasteiger partial charge in [-0.25, -0.2) is 0 Å². The molecule has 0 fully saturated rings. The molecule has 0 saturated carbocycles. The molecule has 0 aliphatic carbocycles. The van der Waals surface area contributed by atoms with Crippen molar-refractivity contribution in [2.45, 2.75) is 12.5 Å². The van der Waals surface area contributed by atoms with Crippen LogP contribution in [-0.2, 0) is 18.3 Å². The molecule has 27 heavy (non-hydrogen) atoms. The highest BCUT2D eigenvalue weighted by molar-refractivity contribution is 7.10. The highest BCUT2D eigenvalue weighted by atomic mass is 32.1. The SMILES string of the molecule is Cn1cccc1C(=O)NC(=O)CN1CCc2sccc2[C@@H]1c1ccccc1. The number of benzene rings is 1. The van der Waals surface area contributed by atoms with Gasteiger partial charge in [-0.3, -0.25) is 19.8 Å². The second-order valence-electron chi connectivity index (χ2n) is 6.71. The first-order chi connectivity index (χ1) is 13.1. The van der Waals surface area contributed by atoms with Gasteiger partial charge in [0.15, 0.2) is 0 Å². The second kappa shape index (κ2) is 7.50. The molecular weight excluding hydrogens is 358 g/mol. The van der Waals surface area contributed by atoms with Gasteiger partial charge in [0.1, 0.15) is 5.69 Å². The molecule has 0 spiro atoms. The summed E-state index contributed by atoms with van der Waals surface area (Å²) in [6, 6.07) is 15.9. The molecule has 0 radical (unpaired) electrons. The summed E-state index contributed by atoms with van der Waals surface area (Å²) in [5.41, 5.74) is 2.90. The first-order valence-electron chi connectivity index (χ1n) is 8.94. The number of nitrogens with one attached hydrogen (secondary N) is 1. The van der Waals surface area contributed by atoms with Gasteiger partial charge in [-0.15, -0.1) is 11.3 Å². The monoisotopic (exact) mass is 379 g/mol. The number of hydrogen-bond acceptors (Lipinski definition) is 4. The standard InChI is InChI=1S/C21H21N3O2S/c1-23-11-5-8-17(23)21(26)22-19(25)14-24-12-9-18-16(10-13-27-18)20(24)15-6-3-2-4-7-15/h2-8,10-11,13,20H,9,12,14H2,1H3,(H,22,25,26)/t20-/m0/s1. The molecule has 2 amide bonds. The lowest BCUT2D eigenvalue weighted by Crippen LogP contribution is -2.44. The summed E-state index contributed by atoms with van der Waals surface area (Å²) in [4.78, 5) is 28.4. The molecule has 4 rings (SSSR count). The van der Waals surface area contributed by atoms with E-state index in [0.717, 1.165) is 13.0 Å². The molecule has 1 aliphatic rings. The maximum atomic E-state index is 12.6. The van der Waals surface area contributed by atoms with Crippen molar-refractivity contribution in [1.82, 2.24) is 14.8 Å². The fourth-order valence-corrected chi connectivity index (χ4v) is 4.58. The van der Waals surface area contributed by atoms with Gasteiger partial charge in [0.2, 0.25) is 5.91 Å². The molecule has 1 atom stereocenters. The van der Waals surface area contributed by atoms with Crippen LogP contribution in [0.4, 0.5) is 0 Å². The van der Waals surface area contributed by atoms with Crippen LogP contribution < -0.4 is 5.32 Å². The minimum absolute atomic E-state index is 0.0390. The van der Waals surface area contributed by atoms with Crippen LogP contribution in [-0.4, -0.2) is 34.4 Å². The minimum atomic E-state index is -0.364. The van der Waals surface area contributed by atoms with Gasteiger partial charge < -0.3 is 4.57 Å². The third kappa shape index (κ3) is 3.59. The predicted octanol–water partition coefficient (Wildman–Crippen LogP) is 2.99. The fourth-order valence-electron chi connectivity index (χ4n) is 3.68. The molecule has 6 heteroatoms. The Morgan fingerprint density at radius 2 is 1.96 bits per heavy atom. The fraction of sp³-hybridized carbons (Fsp3) is 0.238. The average Bonchev–Trinajstić information content (AvgIpc) is 3.30. The van der Waals surface area contributed by atoms with Gasteiger partial charge >= 0.3 is 0 Å². The Bertz CT molecular complexity index is 961. The first-order valence-corrected chi connectivity index (χ1v) is 9.82. The number of imide groups is 1. The number of carbonyl (C=O) groups excluding carboxylic acids is 2. The zero-order valence-corrected chi connectivity index (χ0v) is 15.9. The normalized spacial score (nSPS) is 16.7. The van der Waals surface area contributed by atoms with Gasteiger partial charge in [-0.1, -0.05) is 30.3 Å². The lowest BCUT2D eigenvalue weighted by atomic mass is 9.93. The maximum Gasteiger partial charge on any atom is 0.274 e. The Labute approximate surface area is 162 Å². The summed E-state index contributed by atoms with van der Waals surface area (Å²) >= 11 is 1.77. The number of amides is 2. The third-order valence-corrected chi connectivity index (χ3v) is 5.95. The number of rotatable bonds is 4. The molecular formula is C21H21N3O2S. The topological polar surface area (TPSA) is 54.3 Å². The van der Waals surface area contributed by atoms with E-state index >= 15 is 0 Å². The first kappa shape index (κ1) is 17.7. The summed E-state index contributed by atoms with van der Waals surface area (Å²) in [6.07, 6.45) is 2.71. The molecule has 3 heterocycles. The second-order valence-corrected chi connectivity index (χ2v) is 7.72. The molecule has 3 aromatic rings. The Balaban J connectivity index is 1.53. The van der Waals surface area contributed by atoms with Crippen LogP contribution in [0.25, 0.3) is 0 Å². The minimum Gasteiger partial charge on any atom is -0.347 e. The zero-order chi connectivity index (χ0) is 18.8. The quantitative estimate of drug-likeness (QED) is 0.758. The molecule has 5 nitrogen and oxygen atoms in total. The van der Waals surface area contributed by atoms with Crippen molar-refractivity contribution in [3.63, 3.8) is 0 Å². The number of aryl methyl sites for hydroxylation is 1. The van der Waals surface area contributed by atoms with E-state index in [9.17, 15) is 9.59 Å². The number of hydrogen-bond donors (Lipinski definition) is 1. The van der Waals surface area contributed by atoms with E-state index in [-0.39, 0.29) is 24.4 Å². The largest absolute Gasteiger partial charge is 0.347 e. The summed E-state index contributed by atoms with van der Waals surface area (Å²) in [5.74, 6) is -0.641. The summed E-state index contributed by atoms with van der Waals surface area (Å²) in [7, 11) is 1.79. The number of aromatic nitrogens is 1. The Kier molecular flexibility index (Phi) is 4.92. The smallest absolute Gasteiger partial charge is 0.274 e. The molecule has 1 aromatic carbocycles. The van der Waals surface area contributed by atoms with Crippen LogP contribution in [0.2, 0.25) is 0 Å². The molecule has 2 aromatic heterocycles. The van der Waals surface area contributed by atoms with Gasteiger partial charge in [-0.2, -0.15) is 0 Å². The van der Waals surface area contributed by atoms with Crippen molar-refractivity contribution in [3.05, 3.63) is 81.8 Å². The number of thiophene rings is 1. The number of nitrogens with zero attached hydrogens (tertiary/aromatic N) is 2. The van der Waals surface area contributed by atoms with Crippen LogP contribution in [0.3, 0.4) is 0 Å². The van der Waals surface area contributed by atoms with Crippen molar-refractivity contribution < 1.29 is 9.59 Å². The Morgan fingerprint density at radius 3 is 2.70 bits per heavy atom. The lowest BCUT2D eigenvalue weighted by Gasteiger charge is -2.35. The summed E-state index contributed by atoms with van der Waals surface area (Å²) < 4.78 is 1.70. The summed E-state index contributed by atoms with van der Waals surface area (Å²) in [5, 5.41) is 4.64. The molecule has 1 N–H and O–H groups in total. The van der Waals surface area contributed by atoms with Crippen molar-refractivity contribution in [3.8, 4) is 0 Å². The van der Waals surface area contributed by atoms with E-state index in [4.69, 9.17) is 0 Å². The zero-order valence-electron chi connectivity index (χ0n) is 15.1. The molecule has 0 unspecified atom stereocenters. The third-order valence-electron chi connectivity index (χ3n) is 4.96. The summed E-state index contributed by atoms with van der Waals surface area (Å²) in [6.45, 7) is 0.976. The van der Waals surface area contributed by atoms with E-state index in [1.807, 2.05) is 18.2 Å². The van der Waals surface area contributed by atoms with E-state index in [0.29, 0.717) is 5.69 Å². The van der Waals surface area contributed by atoms with Gasteiger partial charge in [0.05, 0.1) is 12.6 Å². The van der Waals surface area contributed by atoms with E-state index < -0.39 is 0 Å². The van der Waals surface area contributed by atoms with Crippen molar-refractivity contribution in [2.75, 3.05) is 13.1 Å². The van der Waals surface area contributed by atoms with Crippen LogP contribution >= 0.6 is 11.3 Å². The van der Waals surface area contributed by atoms with E-state index in [1.54, 1.807) is 41.3 Å². The molecule has 0 bridgehead atoms. The maximum absolute atomic E-state index is 12.6. The van der Waals surface area contributed by atoms with Crippen molar-refractivity contribution >= 4 is 23.2 Å². The van der Waals surface area contributed by atoms with Gasteiger partial charge in [-0.05, 0) is 41.1 Å². The molecule has 138 valence electrons. The average molecular weight is 379 g/mol. The van der Waals surface area contributed by atoms with E-state index in [1.165, 1.54) is 16.0 Å².